The first-order chi connectivity index (χ1) is 5.24. The van der Waals surface area contributed by atoms with E-state index in [1.165, 1.54) is 5.57 Å². The highest BCUT2D eigenvalue weighted by Crippen LogP contribution is 1.98. The zero-order chi connectivity index (χ0) is 8.69. The molecule has 2 heteroatoms. The molecule has 0 aromatic heterocycles. The summed E-state index contributed by atoms with van der Waals surface area (Å²) in [6.45, 7) is 4.02. The van der Waals surface area contributed by atoms with E-state index in [0.717, 1.165) is 0 Å². The van der Waals surface area contributed by atoms with E-state index >= 15 is 0 Å². The van der Waals surface area contributed by atoms with Crippen molar-refractivity contribution < 1.29 is 9.47 Å². The maximum atomic E-state index is 4.96. The van der Waals surface area contributed by atoms with Crippen LogP contribution in [0.3, 0.4) is 0 Å². The van der Waals surface area contributed by atoms with Gasteiger partial charge in [-0.3, -0.25) is 0 Å². The standard InChI is InChI=1S/C9H16O2/c1-5-8(2)6-7-9(10-3)11-4/h5-7,9H,1-4H3/b7-6+,8-5+. The van der Waals surface area contributed by atoms with Crippen LogP contribution in [0.2, 0.25) is 0 Å². The van der Waals surface area contributed by atoms with Crippen LogP contribution in [0, 0.1) is 0 Å². The van der Waals surface area contributed by atoms with Crippen LogP contribution in [0.25, 0.3) is 0 Å². The van der Waals surface area contributed by atoms with E-state index in [1.54, 1.807) is 14.2 Å². The molecule has 11 heavy (non-hydrogen) atoms. The Labute approximate surface area is 68.5 Å². The zero-order valence-electron chi connectivity index (χ0n) is 7.63. The van der Waals surface area contributed by atoms with E-state index in [-0.39, 0.29) is 6.29 Å². The van der Waals surface area contributed by atoms with Gasteiger partial charge in [-0.2, -0.15) is 0 Å². The molecule has 64 valence electrons. The second kappa shape index (κ2) is 6.13. The summed E-state index contributed by atoms with van der Waals surface area (Å²) < 4.78 is 9.92. The van der Waals surface area contributed by atoms with Crippen LogP contribution in [0.15, 0.2) is 23.8 Å². The van der Waals surface area contributed by atoms with Crippen LogP contribution in [0.4, 0.5) is 0 Å². The highest BCUT2D eigenvalue weighted by molar-refractivity contribution is 5.15. The normalized spacial score (nSPS) is 13.4. The molecule has 0 aromatic rings. The molecule has 0 fully saturated rings. The Bertz CT molecular complexity index is 144. The van der Waals surface area contributed by atoms with Gasteiger partial charge in [0.25, 0.3) is 0 Å². The van der Waals surface area contributed by atoms with Crippen LogP contribution in [-0.4, -0.2) is 20.5 Å². The molecule has 0 saturated heterocycles. The summed E-state index contributed by atoms with van der Waals surface area (Å²) >= 11 is 0. The Morgan fingerprint density at radius 1 is 1.27 bits per heavy atom. The summed E-state index contributed by atoms with van der Waals surface area (Å²) in [4.78, 5) is 0. The van der Waals surface area contributed by atoms with Crippen LogP contribution < -0.4 is 0 Å². The molecule has 0 amide bonds. The largest absolute Gasteiger partial charge is 0.352 e. The number of allylic oxidation sites excluding steroid dienone is 3. The van der Waals surface area contributed by atoms with Gasteiger partial charge in [-0.05, 0) is 19.9 Å². The monoisotopic (exact) mass is 156 g/mol. The molecule has 0 radical (unpaired) electrons. The van der Waals surface area contributed by atoms with Gasteiger partial charge < -0.3 is 9.47 Å². The third-order valence-corrected chi connectivity index (χ3v) is 1.44. The van der Waals surface area contributed by atoms with E-state index < -0.39 is 0 Å². The molecule has 0 saturated carbocycles. The zero-order valence-corrected chi connectivity index (χ0v) is 7.63. The quantitative estimate of drug-likeness (QED) is 0.458. The minimum Gasteiger partial charge on any atom is -0.352 e. The molecular weight excluding hydrogens is 140 g/mol. The molecule has 0 atom stereocenters. The summed E-state index contributed by atoms with van der Waals surface area (Å²) in [5.74, 6) is 0. The lowest BCUT2D eigenvalue weighted by Crippen LogP contribution is -2.08. The molecule has 0 N–H and O–H groups in total. The highest BCUT2D eigenvalue weighted by atomic mass is 16.7. The topological polar surface area (TPSA) is 18.5 Å². The van der Waals surface area contributed by atoms with Crippen molar-refractivity contribution in [2.75, 3.05) is 14.2 Å². The third-order valence-electron chi connectivity index (χ3n) is 1.44. The molecule has 0 aliphatic heterocycles. The number of ether oxygens (including phenoxy) is 2. The minimum atomic E-state index is -0.232. The van der Waals surface area contributed by atoms with Crippen LogP contribution in [-0.2, 0) is 9.47 Å². The van der Waals surface area contributed by atoms with E-state index in [9.17, 15) is 0 Å². The van der Waals surface area contributed by atoms with Crippen molar-refractivity contribution in [1.82, 2.24) is 0 Å². The molecule has 2 nitrogen and oxygen atoms in total. The summed E-state index contributed by atoms with van der Waals surface area (Å²) in [5, 5.41) is 0. The first-order valence-corrected chi connectivity index (χ1v) is 3.61. The van der Waals surface area contributed by atoms with E-state index in [0.29, 0.717) is 0 Å². The Morgan fingerprint density at radius 3 is 2.18 bits per heavy atom. The molecule has 0 aromatic carbocycles. The summed E-state index contributed by atoms with van der Waals surface area (Å²) in [6, 6.07) is 0. The molecule has 0 bridgehead atoms. The molecule has 0 heterocycles. The SMILES string of the molecule is C/C=C(C)/C=C/C(OC)OC. The van der Waals surface area contributed by atoms with Crippen LogP contribution >= 0.6 is 0 Å². The van der Waals surface area contributed by atoms with Crippen molar-refractivity contribution in [2.24, 2.45) is 0 Å². The van der Waals surface area contributed by atoms with Crippen molar-refractivity contribution in [3.05, 3.63) is 23.8 Å². The fourth-order valence-corrected chi connectivity index (χ4v) is 0.580. The second-order valence-corrected chi connectivity index (χ2v) is 2.23. The highest BCUT2D eigenvalue weighted by Gasteiger charge is 1.95. The Balaban J connectivity index is 3.88. The molecule has 0 spiro atoms. The maximum absolute atomic E-state index is 4.96. The Hall–Kier alpha value is -0.600. The smallest absolute Gasteiger partial charge is 0.176 e. The molecule has 0 aliphatic carbocycles. The van der Waals surface area contributed by atoms with Crippen molar-refractivity contribution in [3.8, 4) is 0 Å². The number of rotatable bonds is 4. The van der Waals surface area contributed by atoms with Crippen molar-refractivity contribution in [1.29, 1.82) is 0 Å². The van der Waals surface area contributed by atoms with Crippen LogP contribution in [0.5, 0.6) is 0 Å². The van der Waals surface area contributed by atoms with Crippen molar-refractivity contribution in [3.63, 3.8) is 0 Å². The maximum Gasteiger partial charge on any atom is 0.176 e. The van der Waals surface area contributed by atoms with E-state index in [1.807, 2.05) is 32.1 Å². The fourth-order valence-electron chi connectivity index (χ4n) is 0.580. The number of methoxy groups -OCH3 is 2. The fraction of sp³-hybridized carbons (Fsp3) is 0.556. The molecular formula is C9H16O2. The summed E-state index contributed by atoms with van der Waals surface area (Å²) in [6.07, 6.45) is 5.64. The van der Waals surface area contributed by atoms with Crippen molar-refractivity contribution in [2.45, 2.75) is 20.1 Å². The van der Waals surface area contributed by atoms with Crippen LogP contribution in [0.1, 0.15) is 13.8 Å². The van der Waals surface area contributed by atoms with Crippen molar-refractivity contribution >= 4 is 0 Å². The average molecular weight is 156 g/mol. The molecule has 0 aliphatic rings. The first-order valence-electron chi connectivity index (χ1n) is 3.61. The third kappa shape index (κ3) is 4.76. The number of hydrogen-bond acceptors (Lipinski definition) is 2. The van der Waals surface area contributed by atoms with E-state index in [2.05, 4.69) is 0 Å². The predicted molar refractivity (Wildman–Crippen MR) is 46.4 cm³/mol. The van der Waals surface area contributed by atoms with Gasteiger partial charge in [0, 0.05) is 14.2 Å². The Morgan fingerprint density at radius 2 is 1.82 bits per heavy atom. The second-order valence-electron chi connectivity index (χ2n) is 2.23. The molecule has 0 unspecified atom stereocenters. The van der Waals surface area contributed by atoms with Gasteiger partial charge in [-0.15, -0.1) is 0 Å². The minimum absolute atomic E-state index is 0.232. The first kappa shape index (κ1) is 10.4. The van der Waals surface area contributed by atoms with Gasteiger partial charge in [0.1, 0.15) is 0 Å². The lowest BCUT2D eigenvalue weighted by molar-refractivity contribution is -0.0666. The molecule has 0 rings (SSSR count). The average Bonchev–Trinajstić information content (AvgIpc) is 2.06. The lowest BCUT2D eigenvalue weighted by atomic mass is 10.2. The summed E-state index contributed by atoms with van der Waals surface area (Å²) in [7, 11) is 3.23. The lowest BCUT2D eigenvalue weighted by Gasteiger charge is -2.06. The van der Waals surface area contributed by atoms with Gasteiger partial charge in [0.15, 0.2) is 6.29 Å². The van der Waals surface area contributed by atoms with Gasteiger partial charge in [0.2, 0.25) is 0 Å². The predicted octanol–water partition coefficient (Wildman–Crippen LogP) is 2.13. The van der Waals surface area contributed by atoms with Gasteiger partial charge in [0.05, 0.1) is 0 Å². The number of hydrogen-bond donors (Lipinski definition) is 0. The summed E-state index contributed by atoms with van der Waals surface area (Å²) in [5.41, 5.74) is 1.20. The van der Waals surface area contributed by atoms with Gasteiger partial charge in [-0.1, -0.05) is 17.7 Å². The van der Waals surface area contributed by atoms with Gasteiger partial charge in [-0.25, -0.2) is 0 Å². The van der Waals surface area contributed by atoms with Gasteiger partial charge >= 0.3 is 0 Å². The van der Waals surface area contributed by atoms with E-state index in [4.69, 9.17) is 9.47 Å². The Kier molecular flexibility index (Phi) is 5.80.